The molecule has 1 aliphatic rings. The molecule has 0 radical (unpaired) electrons. The van der Waals surface area contributed by atoms with E-state index >= 15 is 0 Å². The molecule has 1 fully saturated rings. The Morgan fingerprint density at radius 1 is 0.938 bits per heavy atom. The average Bonchev–Trinajstić information content (AvgIpc) is 3.16. The summed E-state index contributed by atoms with van der Waals surface area (Å²) in [5.74, 6) is -1.55. The van der Waals surface area contributed by atoms with Gasteiger partial charge in [0.05, 0.1) is 10.6 Å². The highest BCUT2D eigenvalue weighted by Gasteiger charge is 2.37. The molecule has 1 saturated heterocycles. The summed E-state index contributed by atoms with van der Waals surface area (Å²) in [4.78, 5) is 27.2. The van der Waals surface area contributed by atoms with Crippen molar-refractivity contribution in [3.8, 4) is 0 Å². The fourth-order valence-electron chi connectivity index (χ4n) is 3.50. The number of benzene rings is 3. The first-order valence-corrected chi connectivity index (χ1v) is 11.8. The molecule has 3 aromatic carbocycles. The standard InChI is InChI=1S/C23H20ClN3O4S/c24-16-9-11-19(12-10-16)27-14-13-21(23(27)29)22(28)25-17-5-4-6-18(15-17)26-32(30,31)20-7-2-1-3-8-20/h1-12,15,21,26H,13-14H2,(H,25,28). The Balaban J connectivity index is 1.44. The highest BCUT2D eigenvalue weighted by molar-refractivity contribution is 7.92. The number of nitrogens with one attached hydrogen (secondary N) is 2. The molecular weight excluding hydrogens is 450 g/mol. The van der Waals surface area contributed by atoms with Crippen molar-refractivity contribution >= 4 is 50.5 Å². The van der Waals surface area contributed by atoms with E-state index in [-0.39, 0.29) is 10.8 Å². The van der Waals surface area contributed by atoms with E-state index in [0.29, 0.717) is 35.1 Å². The first-order chi connectivity index (χ1) is 15.3. The zero-order chi connectivity index (χ0) is 22.7. The minimum Gasteiger partial charge on any atom is -0.325 e. The van der Waals surface area contributed by atoms with Crippen molar-refractivity contribution in [3.63, 3.8) is 0 Å². The number of anilines is 3. The van der Waals surface area contributed by atoms with Crippen molar-refractivity contribution in [2.24, 2.45) is 5.92 Å². The van der Waals surface area contributed by atoms with Crippen LogP contribution in [0.2, 0.25) is 5.02 Å². The van der Waals surface area contributed by atoms with Gasteiger partial charge in [-0.1, -0.05) is 35.9 Å². The van der Waals surface area contributed by atoms with Gasteiger partial charge in [0.2, 0.25) is 11.8 Å². The van der Waals surface area contributed by atoms with Crippen LogP contribution in [-0.2, 0) is 19.6 Å². The summed E-state index contributed by atoms with van der Waals surface area (Å²) in [5.41, 5.74) is 1.38. The summed E-state index contributed by atoms with van der Waals surface area (Å²) in [6.45, 7) is 0.426. The number of carbonyl (C=O) groups is 2. The molecule has 164 valence electrons. The number of amides is 2. The Hall–Kier alpha value is -3.36. The molecule has 2 amide bonds. The zero-order valence-electron chi connectivity index (χ0n) is 16.9. The molecule has 4 rings (SSSR count). The van der Waals surface area contributed by atoms with Gasteiger partial charge in [0.25, 0.3) is 10.0 Å². The Morgan fingerprint density at radius 2 is 1.62 bits per heavy atom. The van der Waals surface area contributed by atoms with Crippen LogP contribution in [0.25, 0.3) is 0 Å². The van der Waals surface area contributed by atoms with Crippen LogP contribution in [0.3, 0.4) is 0 Å². The van der Waals surface area contributed by atoms with Gasteiger partial charge < -0.3 is 10.2 Å². The Labute approximate surface area is 191 Å². The lowest BCUT2D eigenvalue weighted by molar-refractivity contribution is -0.129. The summed E-state index contributed by atoms with van der Waals surface area (Å²) < 4.78 is 27.5. The third kappa shape index (κ3) is 4.76. The molecule has 3 aromatic rings. The van der Waals surface area contributed by atoms with Gasteiger partial charge in [-0.3, -0.25) is 14.3 Å². The van der Waals surface area contributed by atoms with Gasteiger partial charge in [0.15, 0.2) is 0 Å². The Morgan fingerprint density at radius 3 is 2.34 bits per heavy atom. The lowest BCUT2D eigenvalue weighted by Gasteiger charge is -2.17. The minimum absolute atomic E-state index is 0.133. The number of rotatable bonds is 6. The number of carbonyl (C=O) groups excluding carboxylic acids is 2. The molecule has 0 spiro atoms. The first-order valence-electron chi connectivity index (χ1n) is 9.89. The maximum absolute atomic E-state index is 12.8. The molecule has 2 N–H and O–H groups in total. The van der Waals surface area contributed by atoms with Crippen LogP contribution in [0.4, 0.5) is 17.1 Å². The van der Waals surface area contributed by atoms with Crippen molar-refractivity contribution in [3.05, 3.63) is 83.9 Å². The fourth-order valence-corrected chi connectivity index (χ4v) is 4.70. The van der Waals surface area contributed by atoms with Crippen LogP contribution in [0, 0.1) is 5.92 Å². The van der Waals surface area contributed by atoms with E-state index in [4.69, 9.17) is 11.6 Å². The second-order valence-corrected chi connectivity index (χ2v) is 9.41. The second-order valence-electron chi connectivity index (χ2n) is 7.30. The molecule has 0 aromatic heterocycles. The van der Waals surface area contributed by atoms with Crippen LogP contribution in [0.15, 0.2) is 83.8 Å². The van der Waals surface area contributed by atoms with Gasteiger partial charge >= 0.3 is 0 Å². The van der Waals surface area contributed by atoms with Crippen LogP contribution in [0.1, 0.15) is 6.42 Å². The molecule has 1 atom stereocenters. The predicted molar refractivity (Wildman–Crippen MR) is 124 cm³/mol. The quantitative estimate of drug-likeness (QED) is 0.530. The van der Waals surface area contributed by atoms with E-state index in [2.05, 4.69) is 10.0 Å². The third-order valence-electron chi connectivity index (χ3n) is 5.10. The van der Waals surface area contributed by atoms with Gasteiger partial charge in [-0.25, -0.2) is 8.42 Å². The zero-order valence-corrected chi connectivity index (χ0v) is 18.4. The Bertz CT molecular complexity index is 1250. The second kappa shape index (κ2) is 9.02. The van der Waals surface area contributed by atoms with Crippen molar-refractivity contribution in [2.45, 2.75) is 11.3 Å². The van der Waals surface area contributed by atoms with E-state index in [9.17, 15) is 18.0 Å². The molecule has 32 heavy (non-hydrogen) atoms. The lowest BCUT2D eigenvalue weighted by Crippen LogP contribution is -2.33. The highest BCUT2D eigenvalue weighted by atomic mass is 35.5. The Kier molecular flexibility index (Phi) is 6.16. The normalized spacial score (nSPS) is 16.1. The van der Waals surface area contributed by atoms with Gasteiger partial charge in [0, 0.05) is 22.9 Å². The fraction of sp³-hybridized carbons (Fsp3) is 0.130. The molecule has 9 heteroatoms. The largest absolute Gasteiger partial charge is 0.325 e. The molecule has 0 saturated carbocycles. The molecule has 1 unspecified atom stereocenters. The summed E-state index contributed by atoms with van der Waals surface area (Å²) >= 11 is 5.90. The van der Waals surface area contributed by atoms with Crippen LogP contribution in [-0.4, -0.2) is 26.8 Å². The van der Waals surface area contributed by atoms with Crippen molar-refractivity contribution in [1.82, 2.24) is 0 Å². The smallest absolute Gasteiger partial charge is 0.261 e. The van der Waals surface area contributed by atoms with E-state index in [1.807, 2.05) is 0 Å². The average molecular weight is 470 g/mol. The van der Waals surface area contributed by atoms with Crippen LogP contribution < -0.4 is 14.9 Å². The SMILES string of the molecule is O=C(Nc1cccc(NS(=O)(=O)c2ccccc2)c1)C1CCN(c2ccc(Cl)cc2)C1=O. The number of halogens is 1. The number of hydrogen-bond donors (Lipinski definition) is 2. The van der Waals surface area contributed by atoms with Crippen molar-refractivity contribution in [2.75, 3.05) is 21.5 Å². The number of sulfonamides is 1. The maximum Gasteiger partial charge on any atom is 0.261 e. The predicted octanol–water partition coefficient (Wildman–Crippen LogP) is 4.13. The molecule has 1 heterocycles. The molecule has 0 aliphatic carbocycles. The number of hydrogen-bond acceptors (Lipinski definition) is 4. The van der Waals surface area contributed by atoms with Gasteiger partial charge in [-0.15, -0.1) is 0 Å². The first kappa shape index (κ1) is 21.9. The van der Waals surface area contributed by atoms with E-state index < -0.39 is 21.8 Å². The molecule has 7 nitrogen and oxygen atoms in total. The summed E-state index contributed by atoms with van der Waals surface area (Å²) in [5, 5.41) is 3.29. The van der Waals surface area contributed by atoms with E-state index in [1.165, 1.54) is 18.2 Å². The van der Waals surface area contributed by atoms with Gasteiger partial charge in [0.1, 0.15) is 5.92 Å². The minimum atomic E-state index is -3.76. The van der Waals surface area contributed by atoms with Gasteiger partial charge in [-0.2, -0.15) is 0 Å². The van der Waals surface area contributed by atoms with E-state index in [0.717, 1.165) is 0 Å². The van der Waals surface area contributed by atoms with E-state index in [1.54, 1.807) is 65.6 Å². The van der Waals surface area contributed by atoms with Crippen LogP contribution in [0.5, 0.6) is 0 Å². The summed E-state index contributed by atoms with van der Waals surface area (Å²) in [6.07, 6.45) is 0.383. The third-order valence-corrected chi connectivity index (χ3v) is 6.75. The maximum atomic E-state index is 12.8. The topological polar surface area (TPSA) is 95.6 Å². The summed E-state index contributed by atoms with van der Waals surface area (Å²) in [7, 11) is -3.76. The molecule has 1 aliphatic heterocycles. The van der Waals surface area contributed by atoms with Crippen molar-refractivity contribution in [1.29, 1.82) is 0 Å². The molecular formula is C23H20ClN3O4S. The van der Waals surface area contributed by atoms with Crippen molar-refractivity contribution < 1.29 is 18.0 Å². The molecule has 0 bridgehead atoms. The van der Waals surface area contributed by atoms with Gasteiger partial charge in [-0.05, 0) is 61.0 Å². The summed E-state index contributed by atoms with van der Waals surface area (Å²) in [6, 6.07) is 21.2. The highest BCUT2D eigenvalue weighted by Crippen LogP contribution is 2.28. The number of nitrogens with zero attached hydrogens (tertiary/aromatic N) is 1. The lowest BCUT2D eigenvalue weighted by atomic mass is 10.1. The monoisotopic (exact) mass is 469 g/mol. The van der Waals surface area contributed by atoms with Crippen LogP contribution >= 0.6 is 11.6 Å².